The molecule has 206 valence electrons. The maximum atomic E-state index is 11.7. The van der Waals surface area contributed by atoms with E-state index in [1.807, 2.05) is 18.2 Å². The number of hydrogen-bond acceptors (Lipinski definition) is 8. The van der Waals surface area contributed by atoms with Crippen molar-refractivity contribution in [3.63, 3.8) is 0 Å². The lowest BCUT2D eigenvalue weighted by Gasteiger charge is -2.38. The lowest BCUT2D eigenvalue weighted by atomic mass is 9.83. The van der Waals surface area contributed by atoms with Gasteiger partial charge in [0.25, 0.3) is 0 Å². The zero-order valence-corrected chi connectivity index (χ0v) is 23.3. The molecule has 0 bridgehead atoms. The molecule has 1 N–H and O–H groups in total. The molecule has 5 heterocycles. The number of H-pyrrole nitrogens is 1. The van der Waals surface area contributed by atoms with Crippen molar-refractivity contribution < 1.29 is 9.26 Å². The smallest absolute Gasteiger partial charge is 0.381 e. The van der Waals surface area contributed by atoms with Gasteiger partial charge in [0.15, 0.2) is 0 Å². The number of hydrogen-bond donors (Lipinski definition) is 1. The van der Waals surface area contributed by atoms with Crippen LogP contribution in [0.4, 0.5) is 5.95 Å². The van der Waals surface area contributed by atoms with E-state index < -0.39 is 5.76 Å². The summed E-state index contributed by atoms with van der Waals surface area (Å²) in [5.41, 5.74) is 3.51. The minimum absolute atomic E-state index is 0.250. The van der Waals surface area contributed by atoms with Crippen molar-refractivity contribution in [3.8, 4) is 22.9 Å². The van der Waals surface area contributed by atoms with Gasteiger partial charge in [-0.05, 0) is 62.6 Å². The lowest BCUT2D eigenvalue weighted by Crippen LogP contribution is -2.44. The molecule has 2 fully saturated rings. The van der Waals surface area contributed by atoms with E-state index in [9.17, 15) is 4.79 Å². The molecule has 0 aromatic carbocycles. The first-order valence-electron chi connectivity index (χ1n) is 13.8. The van der Waals surface area contributed by atoms with Gasteiger partial charge in [-0.25, -0.2) is 14.8 Å². The van der Waals surface area contributed by atoms with Crippen LogP contribution < -0.4 is 10.7 Å². The van der Waals surface area contributed by atoms with E-state index in [2.05, 4.69) is 38.4 Å². The van der Waals surface area contributed by atoms with Crippen molar-refractivity contribution in [1.29, 1.82) is 0 Å². The van der Waals surface area contributed by atoms with Gasteiger partial charge >= 0.3 is 5.76 Å². The summed E-state index contributed by atoms with van der Waals surface area (Å²) in [4.78, 5) is 31.5. The third-order valence-electron chi connectivity index (χ3n) is 8.35. The van der Waals surface area contributed by atoms with Gasteiger partial charge in [-0.2, -0.15) is 0 Å². The second-order valence-electron chi connectivity index (χ2n) is 11.1. The molecule has 1 saturated carbocycles. The number of aromatic amines is 1. The highest BCUT2D eigenvalue weighted by Crippen LogP contribution is 2.38. The number of methoxy groups -OCH3 is 1. The van der Waals surface area contributed by atoms with Crippen molar-refractivity contribution in [1.82, 2.24) is 29.7 Å². The van der Waals surface area contributed by atoms with Gasteiger partial charge < -0.3 is 14.2 Å². The Balaban J connectivity index is 1.54. The van der Waals surface area contributed by atoms with E-state index in [0.29, 0.717) is 28.0 Å². The number of rotatable bonds is 6. The van der Waals surface area contributed by atoms with E-state index in [1.54, 1.807) is 13.3 Å². The Hall–Kier alpha value is -3.24. The molecule has 0 spiro atoms. The molecular weight excluding hydrogens is 518 g/mol. The first-order chi connectivity index (χ1) is 18.9. The van der Waals surface area contributed by atoms with Crippen molar-refractivity contribution in [2.45, 2.75) is 71.1 Å². The zero-order valence-electron chi connectivity index (χ0n) is 22.6. The summed E-state index contributed by atoms with van der Waals surface area (Å²) in [5, 5.41) is 4.43. The molecule has 2 atom stereocenters. The summed E-state index contributed by atoms with van der Waals surface area (Å²) in [6.45, 7) is 6.30. The predicted octanol–water partition coefficient (Wildman–Crippen LogP) is 5.32. The first kappa shape index (κ1) is 26.0. The van der Waals surface area contributed by atoms with E-state index in [0.717, 1.165) is 48.8 Å². The lowest BCUT2D eigenvalue weighted by molar-refractivity contribution is 0.0716. The Kier molecular flexibility index (Phi) is 7.16. The Labute approximate surface area is 231 Å². The molecule has 4 aromatic rings. The fraction of sp³-hybridized carbons (Fsp3) is 0.536. The summed E-state index contributed by atoms with van der Waals surface area (Å²) < 4.78 is 12.8. The summed E-state index contributed by atoms with van der Waals surface area (Å²) >= 11 is 6.19. The molecule has 0 amide bonds. The maximum Gasteiger partial charge on any atom is 0.439 e. The fourth-order valence-electron chi connectivity index (χ4n) is 6.10. The maximum absolute atomic E-state index is 11.7. The average molecular weight is 552 g/mol. The topological polar surface area (TPSA) is 115 Å². The van der Waals surface area contributed by atoms with Crippen LogP contribution in [0.1, 0.15) is 52.4 Å². The number of piperidine rings is 1. The van der Waals surface area contributed by atoms with Gasteiger partial charge in [-0.3, -0.25) is 14.5 Å². The molecule has 11 heteroatoms. The van der Waals surface area contributed by atoms with Gasteiger partial charge in [0, 0.05) is 32.4 Å². The van der Waals surface area contributed by atoms with Gasteiger partial charge in [0.2, 0.25) is 11.8 Å². The van der Waals surface area contributed by atoms with Crippen LogP contribution in [0.15, 0.2) is 33.7 Å². The highest BCUT2D eigenvalue weighted by Gasteiger charge is 2.32. The standard InChI is InChI=1S/C28H34ClN7O3/c1-16-4-6-18(7-5-16)15-36-25-22(32-27(36)35-11-10-20(38-3)12-17(35)2)13-23(26-33-28(37)39-34-26)31-24(25)21-9-8-19(29)14-30-21/h8-9,13-14,16-18,20H,4-7,10-12,15H2,1-3H3,(H,33,34,37)/t16-,17-,18-,20-/m0/s1. The molecule has 39 heavy (non-hydrogen) atoms. The number of aromatic nitrogens is 6. The number of anilines is 1. The van der Waals surface area contributed by atoms with Crippen molar-refractivity contribution in [2.24, 2.45) is 11.8 Å². The number of nitrogens with zero attached hydrogens (tertiary/aromatic N) is 6. The van der Waals surface area contributed by atoms with Crippen molar-refractivity contribution in [2.75, 3.05) is 18.6 Å². The highest BCUT2D eigenvalue weighted by molar-refractivity contribution is 6.30. The zero-order chi connectivity index (χ0) is 27.1. The molecule has 10 nitrogen and oxygen atoms in total. The van der Waals surface area contributed by atoms with Crippen molar-refractivity contribution in [3.05, 3.63) is 40.0 Å². The quantitative estimate of drug-likeness (QED) is 0.342. The molecule has 0 radical (unpaired) electrons. The van der Waals surface area contributed by atoms with Gasteiger partial charge in [-0.1, -0.05) is 36.5 Å². The van der Waals surface area contributed by atoms with E-state index >= 15 is 0 Å². The van der Waals surface area contributed by atoms with Crippen LogP contribution in [0.5, 0.6) is 0 Å². The summed E-state index contributed by atoms with van der Waals surface area (Å²) in [7, 11) is 1.79. The normalized spacial score (nSPS) is 23.9. The fourth-order valence-corrected chi connectivity index (χ4v) is 6.21. The number of pyridine rings is 2. The minimum atomic E-state index is -0.634. The molecule has 6 rings (SSSR count). The molecular formula is C28H34ClN7O3. The SMILES string of the molecule is CO[C@H]1CCN(c2nc3cc(-c4noc(=O)[nH]4)nc(-c4ccc(Cl)cn4)c3n2C[C@H]2CC[C@H](C)CC2)[C@@H](C)C1. The Morgan fingerprint density at radius 1 is 1.13 bits per heavy atom. The monoisotopic (exact) mass is 551 g/mol. The molecule has 4 aromatic heterocycles. The Bertz CT molecular complexity index is 1500. The van der Waals surface area contributed by atoms with Gasteiger partial charge in [0.05, 0.1) is 27.9 Å². The van der Waals surface area contributed by atoms with Crippen LogP contribution >= 0.6 is 11.6 Å². The molecule has 1 saturated heterocycles. The Morgan fingerprint density at radius 2 is 1.95 bits per heavy atom. The molecule has 2 aliphatic rings. The summed E-state index contributed by atoms with van der Waals surface area (Å²) in [5.74, 6) is 1.89. The predicted molar refractivity (Wildman–Crippen MR) is 150 cm³/mol. The third-order valence-corrected chi connectivity index (χ3v) is 8.58. The second kappa shape index (κ2) is 10.7. The largest absolute Gasteiger partial charge is 0.439 e. The third kappa shape index (κ3) is 5.19. The highest BCUT2D eigenvalue weighted by atomic mass is 35.5. The number of halogens is 1. The molecule has 1 aliphatic heterocycles. The van der Waals surface area contributed by atoms with E-state index in [-0.39, 0.29) is 18.0 Å². The van der Waals surface area contributed by atoms with Crippen LogP contribution in [0.2, 0.25) is 5.02 Å². The number of ether oxygens (including phenoxy) is 1. The molecule has 0 unspecified atom stereocenters. The van der Waals surface area contributed by atoms with E-state index in [1.165, 1.54) is 25.7 Å². The van der Waals surface area contributed by atoms with Crippen molar-refractivity contribution >= 4 is 28.6 Å². The van der Waals surface area contributed by atoms with Crippen LogP contribution in [-0.2, 0) is 11.3 Å². The average Bonchev–Trinajstić information content (AvgIpc) is 3.53. The van der Waals surface area contributed by atoms with Crippen LogP contribution in [0.25, 0.3) is 33.9 Å². The Morgan fingerprint density at radius 3 is 2.62 bits per heavy atom. The molecule has 1 aliphatic carbocycles. The number of imidazole rings is 1. The summed E-state index contributed by atoms with van der Waals surface area (Å²) in [6, 6.07) is 5.81. The first-order valence-corrected chi connectivity index (χ1v) is 14.2. The minimum Gasteiger partial charge on any atom is -0.381 e. The second-order valence-corrected chi connectivity index (χ2v) is 11.5. The van der Waals surface area contributed by atoms with Crippen LogP contribution in [0, 0.1) is 11.8 Å². The van der Waals surface area contributed by atoms with Crippen LogP contribution in [0.3, 0.4) is 0 Å². The summed E-state index contributed by atoms with van der Waals surface area (Å²) in [6.07, 6.45) is 8.64. The number of nitrogens with one attached hydrogen (secondary N) is 1. The van der Waals surface area contributed by atoms with Crippen LogP contribution in [-0.4, -0.2) is 55.5 Å². The van der Waals surface area contributed by atoms with E-state index in [4.69, 9.17) is 30.8 Å². The van der Waals surface area contributed by atoms with Gasteiger partial charge in [0.1, 0.15) is 11.4 Å². The van der Waals surface area contributed by atoms with Gasteiger partial charge in [-0.15, -0.1) is 0 Å². The number of fused-ring (bicyclic) bond motifs is 1.